The lowest BCUT2D eigenvalue weighted by Crippen LogP contribution is -2.41. The van der Waals surface area contributed by atoms with Crippen molar-refractivity contribution in [3.63, 3.8) is 0 Å². The first kappa shape index (κ1) is 27.4. The van der Waals surface area contributed by atoms with E-state index in [1.807, 2.05) is 12.1 Å². The molecule has 11 nitrogen and oxygen atoms in total. The molecule has 5 aromatic rings. The van der Waals surface area contributed by atoms with Crippen LogP contribution < -0.4 is 31.6 Å². The lowest BCUT2D eigenvalue weighted by atomic mass is 10.1. The van der Waals surface area contributed by atoms with E-state index < -0.39 is 11.2 Å². The van der Waals surface area contributed by atoms with Crippen LogP contribution in [0.3, 0.4) is 0 Å². The highest BCUT2D eigenvalue weighted by atomic mass is 16.5. The van der Waals surface area contributed by atoms with Gasteiger partial charge in [0.1, 0.15) is 5.65 Å². The standard InChI is InChI=1S/C30H29N5O6/c1-40-24-11-10-20(17-25(24)41-2)12-14-31-27(36)13-16-34-29(38)22-7-3-4-8-23(22)35(30(34)39)19-21-18-28(37)33-15-6-5-9-26(33)32-21/h3-11,15,17-18H,12-14,16,19H2,1-2H3,(H,31,36). The average Bonchev–Trinajstić information content (AvgIpc) is 2.99. The predicted molar refractivity (Wildman–Crippen MR) is 154 cm³/mol. The fourth-order valence-corrected chi connectivity index (χ4v) is 4.75. The molecule has 0 aliphatic heterocycles. The van der Waals surface area contributed by atoms with Crippen LogP contribution in [0.4, 0.5) is 0 Å². The third kappa shape index (κ3) is 5.74. The number of rotatable bonds is 10. The summed E-state index contributed by atoms with van der Waals surface area (Å²) in [6.45, 7) is 0.255. The van der Waals surface area contributed by atoms with Gasteiger partial charge in [-0.2, -0.15) is 0 Å². The molecule has 0 bridgehead atoms. The number of fused-ring (bicyclic) bond motifs is 2. The van der Waals surface area contributed by atoms with Crippen LogP contribution in [0.15, 0.2) is 87.3 Å². The molecule has 0 aliphatic carbocycles. The summed E-state index contributed by atoms with van der Waals surface area (Å²) in [5.74, 6) is 0.934. The average molecular weight is 556 g/mol. The topological polar surface area (TPSA) is 126 Å². The maximum Gasteiger partial charge on any atom is 0.331 e. The van der Waals surface area contributed by atoms with E-state index in [4.69, 9.17) is 9.47 Å². The number of nitrogens with one attached hydrogen (secondary N) is 1. The van der Waals surface area contributed by atoms with Crippen molar-refractivity contribution in [2.75, 3.05) is 20.8 Å². The molecule has 0 atom stereocenters. The van der Waals surface area contributed by atoms with Crippen molar-refractivity contribution in [2.45, 2.75) is 25.9 Å². The summed E-state index contributed by atoms with van der Waals surface area (Å²) in [7, 11) is 3.12. The zero-order chi connectivity index (χ0) is 28.9. The molecular weight excluding hydrogens is 526 g/mol. The van der Waals surface area contributed by atoms with Gasteiger partial charge in [0.15, 0.2) is 11.5 Å². The second-order valence-electron chi connectivity index (χ2n) is 9.40. The Labute approximate surface area is 234 Å². The molecule has 3 heterocycles. The molecule has 0 spiro atoms. The Hall–Kier alpha value is -5.19. The number of para-hydroxylation sites is 1. The van der Waals surface area contributed by atoms with Crippen LogP contribution in [0.1, 0.15) is 17.7 Å². The Bertz CT molecular complexity index is 1920. The van der Waals surface area contributed by atoms with Crippen LogP contribution in [0.2, 0.25) is 0 Å². The third-order valence-electron chi connectivity index (χ3n) is 6.82. The van der Waals surface area contributed by atoms with Crippen LogP contribution >= 0.6 is 0 Å². The van der Waals surface area contributed by atoms with Gasteiger partial charge in [-0.25, -0.2) is 9.78 Å². The molecule has 210 valence electrons. The molecule has 3 aromatic heterocycles. The van der Waals surface area contributed by atoms with E-state index in [0.717, 1.165) is 10.1 Å². The normalized spacial score (nSPS) is 11.1. The molecule has 0 fully saturated rings. The largest absolute Gasteiger partial charge is 0.493 e. The summed E-state index contributed by atoms with van der Waals surface area (Å²) >= 11 is 0. The van der Waals surface area contributed by atoms with Crippen molar-refractivity contribution in [3.05, 3.63) is 115 Å². The summed E-state index contributed by atoms with van der Waals surface area (Å²) < 4.78 is 14.5. The fraction of sp³-hybridized carbons (Fsp3) is 0.233. The number of carbonyl (C=O) groups excluding carboxylic acids is 1. The van der Waals surface area contributed by atoms with Crippen LogP contribution in [0.5, 0.6) is 11.5 Å². The number of pyridine rings is 1. The van der Waals surface area contributed by atoms with Gasteiger partial charge in [-0.05, 0) is 48.4 Å². The minimum atomic E-state index is -0.582. The first-order valence-electron chi connectivity index (χ1n) is 13.1. The number of carbonyl (C=O) groups is 1. The number of amides is 1. The van der Waals surface area contributed by atoms with Crippen LogP contribution in [-0.4, -0.2) is 45.2 Å². The van der Waals surface area contributed by atoms with E-state index in [1.165, 1.54) is 15.0 Å². The maximum atomic E-state index is 13.5. The van der Waals surface area contributed by atoms with Gasteiger partial charge in [-0.15, -0.1) is 0 Å². The number of ether oxygens (including phenoxy) is 2. The third-order valence-corrected chi connectivity index (χ3v) is 6.82. The van der Waals surface area contributed by atoms with Crippen LogP contribution in [-0.2, 0) is 24.3 Å². The van der Waals surface area contributed by atoms with Gasteiger partial charge in [0.2, 0.25) is 5.91 Å². The molecule has 0 saturated carbocycles. The monoisotopic (exact) mass is 555 g/mol. The smallest absolute Gasteiger partial charge is 0.331 e. The van der Waals surface area contributed by atoms with Crippen molar-refractivity contribution in [2.24, 2.45) is 0 Å². The first-order chi connectivity index (χ1) is 19.9. The van der Waals surface area contributed by atoms with Gasteiger partial charge in [-0.1, -0.05) is 24.3 Å². The lowest BCUT2D eigenvalue weighted by Gasteiger charge is -2.14. The second-order valence-corrected chi connectivity index (χ2v) is 9.40. The predicted octanol–water partition coefficient (Wildman–Crippen LogP) is 1.99. The minimum absolute atomic E-state index is 0.0161. The molecule has 0 unspecified atom stereocenters. The molecule has 1 amide bonds. The SMILES string of the molecule is COc1ccc(CCNC(=O)CCn2c(=O)c3ccccc3n(Cc3cc(=O)n4ccccc4n3)c2=O)cc1OC. The first-order valence-corrected chi connectivity index (χ1v) is 13.1. The van der Waals surface area contributed by atoms with Gasteiger partial charge >= 0.3 is 5.69 Å². The number of aromatic nitrogens is 4. The van der Waals surface area contributed by atoms with Gasteiger partial charge in [0.25, 0.3) is 11.1 Å². The Morgan fingerprint density at radius 1 is 0.902 bits per heavy atom. The van der Waals surface area contributed by atoms with Crippen molar-refractivity contribution >= 4 is 22.5 Å². The molecule has 1 N–H and O–H groups in total. The molecule has 5 rings (SSSR count). The van der Waals surface area contributed by atoms with E-state index in [0.29, 0.717) is 46.7 Å². The number of nitrogens with zero attached hydrogens (tertiary/aromatic N) is 4. The summed E-state index contributed by atoms with van der Waals surface area (Å²) in [5, 5.41) is 3.17. The van der Waals surface area contributed by atoms with E-state index in [-0.39, 0.29) is 31.0 Å². The Balaban J connectivity index is 1.34. The maximum absolute atomic E-state index is 13.5. The van der Waals surface area contributed by atoms with Gasteiger partial charge < -0.3 is 14.8 Å². The second kappa shape index (κ2) is 11.9. The van der Waals surface area contributed by atoms with Crippen molar-refractivity contribution < 1.29 is 14.3 Å². The zero-order valence-electron chi connectivity index (χ0n) is 22.7. The summed E-state index contributed by atoms with van der Waals surface area (Å²) in [6, 6.07) is 18.9. The number of hydrogen-bond acceptors (Lipinski definition) is 7. The highest BCUT2D eigenvalue weighted by Gasteiger charge is 2.15. The highest BCUT2D eigenvalue weighted by molar-refractivity contribution is 5.78. The van der Waals surface area contributed by atoms with Crippen LogP contribution in [0.25, 0.3) is 16.6 Å². The number of hydrogen-bond donors (Lipinski definition) is 1. The number of methoxy groups -OCH3 is 2. The number of benzene rings is 2. The van der Waals surface area contributed by atoms with E-state index in [9.17, 15) is 19.2 Å². The van der Waals surface area contributed by atoms with Gasteiger partial charge in [-0.3, -0.25) is 27.9 Å². The quantitative estimate of drug-likeness (QED) is 0.279. The van der Waals surface area contributed by atoms with Crippen molar-refractivity contribution in [1.82, 2.24) is 23.8 Å². The van der Waals surface area contributed by atoms with E-state index >= 15 is 0 Å². The zero-order valence-corrected chi connectivity index (χ0v) is 22.7. The summed E-state index contributed by atoms with van der Waals surface area (Å²) in [5.41, 5.74) is 0.873. The van der Waals surface area contributed by atoms with Gasteiger partial charge in [0, 0.05) is 31.8 Å². The highest BCUT2D eigenvalue weighted by Crippen LogP contribution is 2.27. The fourth-order valence-electron chi connectivity index (χ4n) is 4.75. The molecule has 0 saturated heterocycles. The molecule has 0 aliphatic rings. The Kier molecular flexibility index (Phi) is 7.95. The van der Waals surface area contributed by atoms with Crippen LogP contribution in [0, 0.1) is 0 Å². The lowest BCUT2D eigenvalue weighted by molar-refractivity contribution is -0.121. The van der Waals surface area contributed by atoms with E-state index in [1.54, 1.807) is 68.9 Å². The van der Waals surface area contributed by atoms with Crippen molar-refractivity contribution in [3.8, 4) is 11.5 Å². The Morgan fingerprint density at radius 2 is 1.68 bits per heavy atom. The Morgan fingerprint density at radius 3 is 2.49 bits per heavy atom. The van der Waals surface area contributed by atoms with Crippen molar-refractivity contribution in [1.29, 1.82) is 0 Å². The molecule has 2 aromatic carbocycles. The minimum Gasteiger partial charge on any atom is -0.493 e. The molecule has 11 heteroatoms. The molecular formula is C30H29N5O6. The van der Waals surface area contributed by atoms with Gasteiger partial charge in [0.05, 0.1) is 37.4 Å². The summed E-state index contributed by atoms with van der Waals surface area (Å²) in [4.78, 5) is 56.5. The molecule has 0 radical (unpaired) electrons. The molecule has 41 heavy (non-hydrogen) atoms. The van der Waals surface area contributed by atoms with E-state index in [2.05, 4.69) is 10.3 Å². The summed E-state index contributed by atoms with van der Waals surface area (Å²) in [6.07, 6.45) is 2.12.